The molecule has 0 aromatic heterocycles. The van der Waals surface area contributed by atoms with Crippen molar-refractivity contribution in [3.05, 3.63) is 53.3 Å². The normalized spacial score (nSPS) is 23.9. The molecule has 0 radical (unpaired) electrons. The minimum Gasteiger partial charge on any atom is -0.466 e. The van der Waals surface area contributed by atoms with E-state index in [0.29, 0.717) is 18.1 Å². The van der Waals surface area contributed by atoms with E-state index in [-0.39, 0.29) is 17.5 Å². The van der Waals surface area contributed by atoms with Gasteiger partial charge in [0.2, 0.25) is 0 Å². The molecule has 1 amide bonds. The largest absolute Gasteiger partial charge is 0.466 e. The molecule has 1 heterocycles. The summed E-state index contributed by atoms with van der Waals surface area (Å²) in [5, 5.41) is 2.21. The minimum atomic E-state index is -0.976. The second-order valence-corrected chi connectivity index (χ2v) is 6.04. The van der Waals surface area contributed by atoms with Crippen molar-refractivity contribution in [3.63, 3.8) is 0 Å². The number of amides is 1. The Balaban J connectivity index is 1.73. The number of benzene rings is 1. The predicted molar refractivity (Wildman–Crippen MR) is 86.8 cm³/mol. The molecule has 0 saturated heterocycles. The number of anilines is 1. The molecule has 6 nitrogen and oxygen atoms in total. The lowest BCUT2D eigenvalue weighted by atomic mass is 9.84. The molecule has 26 heavy (non-hydrogen) atoms. The van der Waals surface area contributed by atoms with E-state index in [4.69, 9.17) is 14.2 Å². The predicted octanol–water partition coefficient (Wildman–Crippen LogP) is 3.51. The summed E-state index contributed by atoms with van der Waals surface area (Å²) in [7, 11) is 1.28. The van der Waals surface area contributed by atoms with Crippen LogP contribution in [0.25, 0.3) is 0 Å². The second-order valence-electron chi connectivity index (χ2n) is 6.04. The van der Waals surface area contributed by atoms with Crippen molar-refractivity contribution in [2.24, 2.45) is 11.8 Å². The fourth-order valence-corrected chi connectivity index (χ4v) is 3.20. The Bertz CT molecular complexity index is 805. The Morgan fingerprint density at radius 1 is 1.31 bits per heavy atom. The van der Waals surface area contributed by atoms with E-state index in [1.165, 1.54) is 13.4 Å². The van der Waals surface area contributed by atoms with Crippen molar-refractivity contribution in [1.29, 1.82) is 0 Å². The first kappa shape index (κ1) is 17.9. The zero-order valence-corrected chi connectivity index (χ0v) is 14.1. The van der Waals surface area contributed by atoms with Crippen molar-refractivity contribution in [1.82, 2.24) is 0 Å². The van der Waals surface area contributed by atoms with Crippen LogP contribution in [0.3, 0.4) is 0 Å². The molecule has 3 rings (SSSR count). The lowest BCUT2D eigenvalue weighted by Gasteiger charge is -2.33. The third kappa shape index (κ3) is 3.40. The van der Waals surface area contributed by atoms with Crippen LogP contribution in [0.2, 0.25) is 0 Å². The number of allylic oxidation sites excluding steroid dienone is 1. The quantitative estimate of drug-likeness (QED) is 0.655. The van der Waals surface area contributed by atoms with Crippen LogP contribution in [0.5, 0.6) is 0 Å². The highest BCUT2D eigenvalue weighted by atomic mass is 19.1. The number of ether oxygens (including phenoxy) is 3. The highest BCUT2D eigenvalue weighted by Crippen LogP contribution is 2.43. The maximum Gasteiger partial charge on any atom is 0.414 e. The first-order valence-electron chi connectivity index (χ1n) is 7.94. The lowest BCUT2D eigenvalue weighted by Crippen LogP contribution is -2.38. The van der Waals surface area contributed by atoms with E-state index < -0.39 is 30.0 Å². The number of nitrogens with one attached hydrogen (secondary N) is 1. The van der Waals surface area contributed by atoms with E-state index in [1.807, 2.05) is 13.0 Å². The lowest BCUT2D eigenvalue weighted by molar-refractivity contribution is -0.141. The highest BCUT2D eigenvalue weighted by molar-refractivity contribution is 5.89. The van der Waals surface area contributed by atoms with Gasteiger partial charge >= 0.3 is 12.1 Å². The standard InChI is InChI=1S/C18H17F2NO5/c1-9-3-5-11-12(16(22)24-2)8-25-17(15(9)11)26-18(23)21-14-6-4-10(19)7-13(14)20/h3-4,6-8,11,15,17H,5H2,1-2H3,(H,21,23). The molecule has 1 aromatic carbocycles. The molecule has 8 heteroatoms. The van der Waals surface area contributed by atoms with Gasteiger partial charge in [-0.3, -0.25) is 5.32 Å². The summed E-state index contributed by atoms with van der Waals surface area (Å²) >= 11 is 0. The summed E-state index contributed by atoms with van der Waals surface area (Å²) in [4.78, 5) is 23.9. The van der Waals surface area contributed by atoms with E-state index >= 15 is 0 Å². The third-order valence-corrected chi connectivity index (χ3v) is 4.49. The monoisotopic (exact) mass is 365 g/mol. The average molecular weight is 365 g/mol. The van der Waals surface area contributed by atoms with E-state index in [2.05, 4.69) is 5.32 Å². The van der Waals surface area contributed by atoms with Crippen molar-refractivity contribution in [3.8, 4) is 0 Å². The number of hydrogen-bond donors (Lipinski definition) is 1. The molecule has 1 aliphatic heterocycles. The van der Waals surface area contributed by atoms with Crippen LogP contribution in [0.4, 0.5) is 19.3 Å². The van der Waals surface area contributed by atoms with Crippen LogP contribution in [0.15, 0.2) is 41.7 Å². The van der Waals surface area contributed by atoms with E-state index in [0.717, 1.165) is 17.7 Å². The summed E-state index contributed by atoms with van der Waals surface area (Å²) in [5.74, 6) is -2.75. The molecule has 0 saturated carbocycles. The first-order valence-corrected chi connectivity index (χ1v) is 7.94. The zero-order valence-electron chi connectivity index (χ0n) is 14.1. The highest BCUT2D eigenvalue weighted by Gasteiger charge is 2.44. The maximum atomic E-state index is 13.6. The molecule has 3 unspecified atom stereocenters. The van der Waals surface area contributed by atoms with Crippen molar-refractivity contribution in [2.45, 2.75) is 19.6 Å². The topological polar surface area (TPSA) is 73.9 Å². The molecule has 1 aliphatic carbocycles. The van der Waals surface area contributed by atoms with Crippen LogP contribution in [0, 0.1) is 23.5 Å². The number of hydrogen-bond acceptors (Lipinski definition) is 5. The van der Waals surface area contributed by atoms with Crippen LogP contribution >= 0.6 is 0 Å². The number of rotatable bonds is 3. The van der Waals surface area contributed by atoms with Crippen LogP contribution in [-0.4, -0.2) is 25.5 Å². The second kappa shape index (κ2) is 7.15. The summed E-state index contributed by atoms with van der Waals surface area (Å²) in [6, 6.07) is 2.76. The van der Waals surface area contributed by atoms with Gasteiger partial charge in [0.05, 0.1) is 30.6 Å². The van der Waals surface area contributed by atoms with Gasteiger partial charge in [-0.05, 0) is 25.5 Å². The zero-order chi connectivity index (χ0) is 18.8. The van der Waals surface area contributed by atoms with Gasteiger partial charge in [-0.1, -0.05) is 11.6 Å². The summed E-state index contributed by atoms with van der Waals surface area (Å²) in [6.45, 7) is 1.85. The van der Waals surface area contributed by atoms with Crippen molar-refractivity contribution in [2.75, 3.05) is 12.4 Å². The first-order chi connectivity index (χ1) is 12.4. The maximum absolute atomic E-state index is 13.6. The van der Waals surface area contributed by atoms with Gasteiger partial charge in [-0.25, -0.2) is 18.4 Å². The smallest absolute Gasteiger partial charge is 0.414 e. The van der Waals surface area contributed by atoms with Gasteiger partial charge in [-0.2, -0.15) is 0 Å². The Morgan fingerprint density at radius 2 is 2.08 bits per heavy atom. The number of esters is 1. The van der Waals surface area contributed by atoms with Gasteiger partial charge in [0.25, 0.3) is 6.29 Å². The Kier molecular flexibility index (Phi) is 4.92. The molecule has 138 valence electrons. The number of fused-ring (bicyclic) bond motifs is 1. The van der Waals surface area contributed by atoms with Gasteiger partial charge in [0.15, 0.2) is 0 Å². The van der Waals surface area contributed by atoms with E-state index in [9.17, 15) is 18.4 Å². The molecular weight excluding hydrogens is 348 g/mol. The Labute approximate surface area is 148 Å². The Morgan fingerprint density at radius 3 is 2.77 bits per heavy atom. The van der Waals surface area contributed by atoms with Crippen molar-refractivity contribution < 1.29 is 32.6 Å². The number of carbonyl (C=O) groups is 2. The van der Waals surface area contributed by atoms with Crippen LogP contribution in [0.1, 0.15) is 13.3 Å². The van der Waals surface area contributed by atoms with Gasteiger partial charge in [0, 0.05) is 12.0 Å². The molecule has 1 N–H and O–H groups in total. The SMILES string of the molecule is COC(=O)C1=COC(OC(=O)Nc2ccc(F)cc2F)C2C(C)=CCC12. The fourth-order valence-electron chi connectivity index (χ4n) is 3.20. The fraction of sp³-hybridized carbons (Fsp3) is 0.333. The molecular formula is C18H17F2NO5. The van der Waals surface area contributed by atoms with Gasteiger partial charge < -0.3 is 14.2 Å². The third-order valence-electron chi connectivity index (χ3n) is 4.49. The molecule has 3 atom stereocenters. The van der Waals surface area contributed by atoms with Crippen LogP contribution < -0.4 is 5.32 Å². The minimum absolute atomic E-state index is 0.215. The van der Waals surface area contributed by atoms with Gasteiger partial charge in [0.1, 0.15) is 11.6 Å². The summed E-state index contributed by atoms with van der Waals surface area (Å²) in [5.41, 5.74) is 1.07. The van der Waals surface area contributed by atoms with Crippen molar-refractivity contribution >= 4 is 17.7 Å². The van der Waals surface area contributed by atoms with Crippen LogP contribution in [-0.2, 0) is 19.0 Å². The molecule has 1 aromatic rings. The number of halogens is 2. The molecule has 0 spiro atoms. The molecule has 0 bridgehead atoms. The number of methoxy groups -OCH3 is 1. The molecule has 2 aliphatic rings. The number of carbonyl (C=O) groups excluding carboxylic acids is 2. The van der Waals surface area contributed by atoms with Gasteiger partial charge in [-0.15, -0.1) is 0 Å². The Hall–Kier alpha value is -2.90. The molecule has 0 fully saturated rings. The summed E-state index contributed by atoms with van der Waals surface area (Å²) in [6.07, 6.45) is 1.84. The average Bonchev–Trinajstić information content (AvgIpc) is 2.99. The summed E-state index contributed by atoms with van der Waals surface area (Å²) < 4.78 is 42.0. The van der Waals surface area contributed by atoms with E-state index in [1.54, 1.807) is 0 Å².